The summed E-state index contributed by atoms with van der Waals surface area (Å²) in [6.07, 6.45) is 7.95. The average molecular weight is 256 g/mol. The van der Waals surface area contributed by atoms with E-state index < -0.39 is 0 Å². The second-order valence-electron chi connectivity index (χ2n) is 5.79. The van der Waals surface area contributed by atoms with Crippen LogP contribution in [0, 0.1) is 5.92 Å². The Hall–Kier alpha value is -1.28. The van der Waals surface area contributed by atoms with Crippen LogP contribution < -0.4 is 5.32 Å². The smallest absolute Gasteiger partial charge is 0.0480 e. The van der Waals surface area contributed by atoms with Crippen molar-refractivity contribution in [2.75, 3.05) is 6.54 Å². The molecule has 0 radical (unpaired) electrons. The maximum absolute atomic E-state index is 3.39. The summed E-state index contributed by atoms with van der Waals surface area (Å²) in [7, 11) is 0. The average Bonchev–Trinajstić information content (AvgIpc) is 3.07. The van der Waals surface area contributed by atoms with Crippen molar-refractivity contribution >= 4 is 10.9 Å². The standard InChI is InChI=1S/C17H24N2/c1-2-18-12-15-7-8-17-16(11-15)9-10-19(17)13-14-5-3-4-6-14/h7-11,14,18H,2-6,12-13H2,1H3. The Kier molecular flexibility index (Phi) is 3.88. The van der Waals surface area contributed by atoms with E-state index in [1.165, 1.54) is 48.7 Å². The third kappa shape index (κ3) is 2.84. The normalized spacial score (nSPS) is 16.5. The highest BCUT2D eigenvalue weighted by Gasteiger charge is 2.16. The SMILES string of the molecule is CCNCc1ccc2c(ccn2CC2CCCC2)c1. The third-order valence-corrected chi connectivity index (χ3v) is 4.34. The van der Waals surface area contributed by atoms with Gasteiger partial charge in [0.05, 0.1) is 0 Å². The van der Waals surface area contributed by atoms with Crippen LogP contribution in [0.2, 0.25) is 0 Å². The highest BCUT2D eigenvalue weighted by atomic mass is 15.0. The molecule has 0 spiro atoms. The molecule has 1 aromatic heterocycles. The number of aromatic nitrogens is 1. The third-order valence-electron chi connectivity index (χ3n) is 4.34. The summed E-state index contributed by atoms with van der Waals surface area (Å²) in [5.74, 6) is 0.900. The maximum Gasteiger partial charge on any atom is 0.0480 e. The van der Waals surface area contributed by atoms with Gasteiger partial charge in [0.2, 0.25) is 0 Å². The van der Waals surface area contributed by atoms with Crippen LogP contribution in [0.4, 0.5) is 0 Å². The first-order chi connectivity index (χ1) is 9.36. The molecule has 0 bridgehead atoms. The van der Waals surface area contributed by atoms with Gasteiger partial charge < -0.3 is 9.88 Å². The molecule has 0 aliphatic heterocycles. The fraction of sp³-hybridized carbons (Fsp3) is 0.529. The van der Waals surface area contributed by atoms with Crippen LogP contribution in [0.5, 0.6) is 0 Å². The Morgan fingerprint density at radius 1 is 1.21 bits per heavy atom. The van der Waals surface area contributed by atoms with Gasteiger partial charge in [-0.1, -0.05) is 25.8 Å². The van der Waals surface area contributed by atoms with E-state index in [0.29, 0.717) is 0 Å². The molecule has 2 aromatic rings. The van der Waals surface area contributed by atoms with Gasteiger partial charge in [-0.15, -0.1) is 0 Å². The number of rotatable bonds is 5. The second-order valence-corrected chi connectivity index (χ2v) is 5.79. The lowest BCUT2D eigenvalue weighted by molar-refractivity contribution is 0.466. The van der Waals surface area contributed by atoms with Crippen molar-refractivity contribution in [3.63, 3.8) is 0 Å². The molecule has 1 N–H and O–H groups in total. The Labute approximate surface area is 115 Å². The van der Waals surface area contributed by atoms with E-state index in [9.17, 15) is 0 Å². The molecule has 2 heteroatoms. The second kappa shape index (κ2) is 5.79. The molecule has 1 aromatic carbocycles. The van der Waals surface area contributed by atoms with Crippen LogP contribution in [-0.4, -0.2) is 11.1 Å². The van der Waals surface area contributed by atoms with Crippen molar-refractivity contribution in [3.8, 4) is 0 Å². The molecule has 1 aliphatic carbocycles. The van der Waals surface area contributed by atoms with Gasteiger partial charge in [-0.3, -0.25) is 0 Å². The molecule has 1 fully saturated rings. The number of hydrogen-bond donors (Lipinski definition) is 1. The molecular formula is C17H24N2. The van der Waals surface area contributed by atoms with Crippen LogP contribution in [0.3, 0.4) is 0 Å². The van der Waals surface area contributed by atoms with Crippen LogP contribution in [0.15, 0.2) is 30.5 Å². The summed E-state index contributed by atoms with van der Waals surface area (Å²) in [6, 6.07) is 9.13. The number of nitrogens with one attached hydrogen (secondary N) is 1. The van der Waals surface area contributed by atoms with Gasteiger partial charge in [-0.25, -0.2) is 0 Å². The lowest BCUT2D eigenvalue weighted by Gasteiger charge is -2.12. The summed E-state index contributed by atoms with van der Waals surface area (Å²) in [5.41, 5.74) is 2.78. The zero-order valence-corrected chi connectivity index (χ0v) is 11.9. The van der Waals surface area contributed by atoms with E-state index in [-0.39, 0.29) is 0 Å². The molecule has 1 aliphatic rings. The number of hydrogen-bond acceptors (Lipinski definition) is 1. The summed E-state index contributed by atoms with van der Waals surface area (Å²) >= 11 is 0. The first-order valence-corrected chi connectivity index (χ1v) is 7.65. The monoisotopic (exact) mass is 256 g/mol. The van der Waals surface area contributed by atoms with Crippen LogP contribution in [0.25, 0.3) is 10.9 Å². The van der Waals surface area contributed by atoms with Crippen molar-refractivity contribution in [2.45, 2.75) is 45.7 Å². The molecule has 2 nitrogen and oxygen atoms in total. The highest BCUT2D eigenvalue weighted by Crippen LogP contribution is 2.28. The molecular weight excluding hydrogens is 232 g/mol. The lowest BCUT2D eigenvalue weighted by atomic mass is 10.1. The summed E-state index contributed by atoms with van der Waals surface area (Å²) < 4.78 is 2.45. The molecule has 1 heterocycles. The summed E-state index contributed by atoms with van der Waals surface area (Å²) in [5, 5.41) is 4.77. The number of fused-ring (bicyclic) bond motifs is 1. The van der Waals surface area contributed by atoms with Crippen molar-refractivity contribution in [3.05, 3.63) is 36.0 Å². The quantitative estimate of drug-likeness (QED) is 0.857. The van der Waals surface area contributed by atoms with Gasteiger partial charge in [0.25, 0.3) is 0 Å². The topological polar surface area (TPSA) is 17.0 Å². The fourth-order valence-corrected chi connectivity index (χ4v) is 3.26. The van der Waals surface area contributed by atoms with Gasteiger partial charge in [-0.05, 0) is 54.5 Å². The first kappa shape index (κ1) is 12.7. The summed E-state index contributed by atoms with van der Waals surface area (Å²) in [6.45, 7) is 5.35. The first-order valence-electron chi connectivity index (χ1n) is 7.65. The van der Waals surface area contributed by atoms with Crippen molar-refractivity contribution < 1.29 is 0 Å². The van der Waals surface area contributed by atoms with E-state index in [1.54, 1.807) is 0 Å². The molecule has 0 amide bonds. The van der Waals surface area contributed by atoms with E-state index in [1.807, 2.05) is 0 Å². The molecule has 0 saturated heterocycles. The largest absolute Gasteiger partial charge is 0.347 e. The van der Waals surface area contributed by atoms with E-state index in [0.717, 1.165) is 19.0 Å². The maximum atomic E-state index is 3.39. The minimum atomic E-state index is 0.900. The molecule has 1 saturated carbocycles. The minimum absolute atomic E-state index is 0.900. The number of nitrogens with zero attached hydrogens (tertiary/aromatic N) is 1. The zero-order valence-electron chi connectivity index (χ0n) is 11.9. The summed E-state index contributed by atoms with van der Waals surface area (Å²) in [4.78, 5) is 0. The Balaban J connectivity index is 1.78. The molecule has 102 valence electrons. The van der Waals surface area contributed by atoms with Crippen molar-refractivity contribution in [1.82, 2.24) is 9.88 Å². The van der Waals surface area contributed by atoms with Crippen molar-refractivity contribution in [2.24, 2.45) is 5.92 Å². The zero-order chi connectivity index (χ0) is 13.1. The highest BCUT2D eigenvalue weighted by molar-refractivity contribution is 5.80. The van der Waals surface area contributed by atoms with Crippen LogP contribution >= 0.6 is 0 Å². The molecule has 0 unspecified atom stereocenters. The fourth-order valence-electron chi connectivity index (χ4n) is 3.26. The lowest BCUT2D eigenvalue weighted by Crippen LogP contribution is -2.11. The van der Waals surface area contributed by atoms with Gasteiger partial charge >= 0.3 is 0 Å². The predicted octanol–water partition coefficient (Wildman–Crippen LogP) is 3.94. The molecule has 3 rings (SSSR count). The van der Waals surface area contributed by atoms with Gasteiger partial charge in [0.1, 0.15) is 0 Å². The van der Waals surface area contributed by atoms with Gasteiger partial charge in [-0.2, -0.15) is 0 Å². The van der Waals surface area contributed by atoms with E-state index >= 15 is 0 Å². The van der Waals surface area contributed by atoms with E-state index in [4.69, 9.17) is 0 Å². The predicted molar refractivity (Wildman–Crippen MR) is 81.3 cm³/mol. The Morgan fingerprint density at radius 3 is 2.84 bits per heavy atom. The Morgan fingerprint density at radius 2 is 2.05 bits per heavy atom. The Bertz CT molecular complexity index is 535. The van der Waals surface area contributed by atoms with Crippen LogP contribution in [0.1, 0.15) is 38.2 Å². The van der Waals surface area contributed by atoms with Crippen molar-refractivity contribution in [1.29, 1.82) is 0 Å². The van der Waals surface area contributed by atoms with E-state index in [2.05, 4.69) is 47.3 Å². The number of benzene rings is 1. The molecule has 0 atom stereocenters. The van der Waals surface area contributed by atoms with Gasteiger partial charge in [0.15, 0.2) is 0 Å². The van der Waals surface area contributed by atoms with Crippen LogP contribution in [-0.2, 0) is 13.1 Å². The minimum Gasteiger partial charge on any atom is -0.347 e. The van der Waals surface area contributed by atoms with Gasteiger partial charge in [0, 0.05) is 24.8 Å². The molecule has 19 heavy (non-hydrogen) atoms.